The standard InChI is InChI=1S/C41H68O14/c1-35(2)24(54-33-29(48)26(45)20(44)17-51-33)9-11-41-18-40(41)13-12-37(5)31(39(7)10-8-25(55-39)36(3,4)50)19(43)15-38(37,6)23(40)14-21(32(35)41)52-34-30(49)28(47)27(46)22(16-42)53-34/h19-34,42-50H,8-18H2,1-7H3/t19-,20+,21-,22+,23-,24-,25-,26-,27+,28-,29+,30+,31-,32+,33-,34+,37+,38+,39+,40-,41+/m0/s1. The third-order valence-corrected chi connectivity index (χ3v) is 17.6. The summed E-state index contributed by atoms with van der Waals surface area (Å²) in [6, 6.07) is 0. The van der Waals surface area contributed by atoms with E-state index in [-0.39, 0.29) is 52.1 Å². The zero-order valence-electron chi connectivity index (χ0n) is 33.6. The van der Waals surface area contributed by atoms with Crippen molar-refractivity contribution >= 4 is 0 Å². The SMILES string of the molecule is CC(C)(O)[C@@H]1CC[C@](C)([C@H]2[C@@H](O)C[C@]3(C)[C@@H]4C[C@H](O[C@@H]5O[C@H](CO)[C@@H](O)[C@H](O)[C@H]5O)[C@@H]5C(C)(C)[C@@H](O[C@@H]6OC[C@@H](O)[C@H](O)[C@H]6O)CC[C@@]56C[C@@]46CC[C@]23C)O1. The van der Waals surface area contributed by atoms with E-state index in [0.29, 0.717) is 25.7 Å². The molecule has 3 heterocycles. The fourth-order valence-corrected chi connectivity index (χ4v) is 14.9. The fraction of sp³-hybridized carbons (Fsp3) is 1.00. The normalized spacial score (nSPS) is 58.7. The molecule has 2 spiro atoms. The van der Waals surface area contributed by atoms with Crippen molar-refractivity contribution in [3.05, 3.63) is 0 Å². The number of aliphatic hydroxyl groups is 9. The summed E-state index contributed by atoms with van der Waals surface area (Å²) in [5.41, 5.74) is -3.16. The van der Waals surface area contributed by atoms with Gasteiger partial charge in [0.05, 0.1) is 48.8 Å². The molecule has 5 saturated carbocycles. The van der Waals surface area contributed by atoms with E-state index >= 15 is 0 Å². The molecule has 0 aromatic rings. The van der Waals surface area contributed by atoms with Crippen LogP contribution in [0, 0.1) is 44.8 Å². The Morgan fingerprint density at radius 3 is 2.05 bits per heavy atom. The van der Waals surface area contributed by atoms with Crippen LogP contribution in [0.1, 0.15) is 106 Å². The van der Waals surface area contributed by atoms with Gasteiger partial charge in [0.25, 0.3) is 0 Å². The van der Waals surface area contributed by atoms with E-state index in [1.54, 1.807) is 13.8 Å². The van der Waals surface area contributed by atoms with Gasteiger partial charge in [0, 0.05) is 5.92 Å². The summed E-state index contributed by atoms with van der Waals surface area (Å²) in [6.45, 7) is 13.8. The number of rotatable bonds is 7. The highest BCUT2D eigenvalue weighted by molar-refractivity contribution is 5.33. The predicted octanol–water partition coefficient (Wildman–Crippen LogP) is 0.724. The maximum Gasteiger partial charge on any atom is 0.186 e. The largest absolute Gasteiger partial charge is 0.394 e. The second kappa shape index (κ2) is 13.2. The summed E-state index contributed by atoms with van der Waals surface area (Å²) in [5.74, 6) is -0.215. The molecule has 8 rings (SSSR count). The van der Waals surface area contributed by atoms with Crippen LogP contribution in [0.25, 0.3) is 0 Å². The lowest BCUT2D eigenvalue weighted by atomic mass is 9.41. The highest BCUT2D eigenvalue weighted by Crippen LogP contribution is 2.89. The second-order valence-electron chi connectivity index (χ2n) is 21.1. The van der Waals surface area contributed by atoms with Gasteiger partial charge in [0.2, 0.25) is 0 Å². The Balaban J connectivity index is 1.15. The van der Waals surface area contributed by atoms with Crippen LogP contribution in [0.4, 0.5) is 0 Å². The van der Waals surface area contributed by atoms with Crippen LogP contribution in [-0.2, 0) is 23.7 Å². The van der Waals surface area contributed by atoms with Crippen molar-refractivity contribution in [3.8, 4) is 0 Å². The minimum absolute atomic E-state index is 0.0633. The van der Waals surface area contributed by atoms with Crippen LogP contribution in [0.3, 0.4) is 0 Å². The number of ether oxygens (including phenoxy) is 5. The van der Waals surface area contributed by atoms with Crippen molar-refractivity contribution < 1.29 is 69.6 Å². The molecule has 0 unspecified atom stereocenters. The maximum absolute atomic E-state index is 12.2. The molecule has 0 radical (unpaired) electrons. The van der Waals surface area contributed by atoms with Crippen molar-refractivity contribution in [2.45, 2.75) is 197 Å². The Kier molecular flexibility index (Phi) is 9.90. The van der Waals surface area contributed by atoms with Crippen LogP contribution in [0.2, 0.25) is 0 Å². The average Bonchev–Trinajstić information content (AvgIpc) is 3.47. The lowest BCUT2D eigenvalue weighted by molar-refractivity contribution is -0.339. The van der Waals surface area contributed by atoms with Crippen LogP contribution in [0.15, 0.2) is 0 Å². The molecule has 0 bridgehead atoms. The van der Waals surface area contributed by atoms with Gasteiger partial charge in [-0.05, 0) is 117 Å². The number of aliphatic hydroxyl groups excluding tert-OH is 8. The highest BCUT2D eigenvalue weighted by Gasteiger charge is 2.85. The van der Waals surface area contributed by atoms with E-state index in [2.05, 4.69) is 34.6 Å². The van der Waals surface area contributed by atoms with E-state index in [1.165, 1.54) is 0 Å². The van der Waals surface area contributed by atoms with E-state index < -0.39 is 96.8 Å². The van der Waals surface area contributed by atoms with Crippen molar-refractivity contribution in [1.82, 2.24) is 0 Å². The summed E-state index contributed by atoms with van der Waals surface area (Å²) in [4.78, 5) is 0. The molecule has 9 N–H and O–H groups in total. The van der Waals surface area contributed by atoms with E-state index in [0.717, 1.165) is 32.1 Å². The Morgan fingerprint density at radius 1 is 0.709 bits per heavy atom. The van der Waals surface area contributed by atoms with Crippen molar-refractivity contribution in [1.29, 1.82) is 0 Å². The molecule has 21 atom stereocenters. The van der Waals surface area contributed by atoms with Gasteiger partial charge in [-0.15, -0.1) is 0 Å². The van der Waals surface area contributed by atoms with Gasteiger partial charge >= 0.3 is 0 Å². The van der Waals surface area contributed by atoms with Gasteiger partial charge in [-0.3, -0.25) is 0 Å². The lowest BCUT2D eigenvalue weighted by Gasteiger charge is -2.65. The van der Waals surface area contributed by atoms with Gasteiger partial charge in [0.1, 0.15) is 42.7 Å². The molecule has 5 aliphatic carbocycles. The van der Waals surface area contributed by atoms with Crippen LogP contribution < -0.4 is 0 Å². The van der Waals surface area contributed by atoms with Crippen LogP contribution in [-0.4, -0.2) is 150 Å². The summed E-state index contributed by atoms with van der Waals surface area (Å²) in [7, 11) is 0. The van der Waals surface area contributed by atoms with Gasteiger partial charge in [-0.1, -0.05) is 27.7 Å². The molecular formula is C41H68O14. The molecule has 14 heteroatoms. The number of fused-ring (bicyclic) bond motifs is 2. The van der Waals surface area contributed by atoms with Crippen LogP contribution in [0.5, 0.6) is 0 Å². The van der Waals surface area contributed by atoms with Crippen molar-refractivity contribution in [2.75, 3.05) is 13.2 Å². The quantitative estimate of drug-likeness (QED) is 0.162. The third-order valence-electron chi connectivity index (χ3n) is 17.6. The monoisotopic (exact) mass is 784 g/mol. The molecule has 0 aromatic heterocycles. The van der Waals surface area contributed by atoms with Gasteiger partial charge in [-0.25, -0.2) is 0 Å². The number of hydrogen-bond acceptors (Lipinski definition) is 14. The molecule has 3 saturated heterocycles. The maximum atomic E-state index is 12.2. The minimum atomic E-state index is -1.60. The summed E-state index contributed by atoms with van der Waals surface area (Å²) in [5, 5.41) is 97.2. The number of hydrogen-bond donors (Lipinski definition) is 9. The molecule has 3 aliphatic heterocycles. The first kappa shape index (κ1) is 41.2. The van der Waals surface area contributed by atoms with Crippen molar-refractivity contribution in [2.24, 2.45) is 44.8 Å². The summed E-state index contributed by atoms with van der Waals surface area (Å²) >= 11 is 0. The Bertz CT molecular complexity index is 1460. The summed E-state index contributed by atoms with van der Waals surface area (Å²) < 4.78 is 31.9. The minimum Gasteiger partial charge on any atom is -0.394 e. The van der Waals surface area contributed by atoms with E-state index in [4.69, 9.17) is 23.7 Å². The van der Waals surface area contributed by atoms with Gasteiger partial charge in [0.15, 0.2) is 12.6 Å². The molecule has 0 aromatic carbocycles. The first-order valence-corrected chi connectivity index (χ1v) is 20.9. The zero-order valence-corrected chi connectivity index (χ0v) is 33.6. The van der Waals surface area contributed by atoms with Crippen LogP contribution >= 0.6 is 0 Å². The molecule has 8 aliphatic rings. The van der Waals surface area contributed by atoms with E-state index in [9.17, 15) is 46.0 Å². The van der Waals surface area contributed by atoms with Crippen molar-refractivity contribution in [3.63, 3.8) is 0 Å². The predicted molar refractivity (Wildman–Crippen MR) is 194 cm³/mol. The smallest absolute Gasteiger partial charge is 0.186 e. The Morgan fingerprint density at radius 2 is 1.40 bits per heavy atom. The Labute approximate surface area is 324 Å². The molecule has 316 valence electrons. The Hall–Kier alpha value is -0.560. The molecule has 0 amide bonds. The van der Waals surface area contributed by atoms with Gasteiger partial charge in [-0.2, -0.15) is 0 Å². The first-order valence-electron chi connectivity index (χ1n) is 20.9. The fourth-order valence-electron chi connectivity index (χ4n) is 14.9. The average molecular weight is 785 g/mol. The first-order chi connectivity index (χ1) is 25.5. The third kappa shape index (κ3) is 5.70. The molecular weight excluding hydrogens is 716 g/mol. The molecule has 8 fully saturated rings. The topological polar surface area (TPSA) is 228 Å². The second-order valence-corrected chi connectivity index (χ2v) is 21.1. The lowest BCUT2D eigenvalue weighted by Crippen LogP contribution is -2.65. The summed E-state index contributed by atoms with van der Waals surface area (Å²) in [6.07, 6.45) is -7.48. The zero-order chi connectivity index (χ0) is 40.1. The molecule has 14 nitrogen and oxygen atoms in total. The highest BCUT2D eigenvalue weighted by atomic mass is 16.7. The van der Waals surface area contributed by atoms with E-state index in [1.807, 2.05) is 0 Å². The molecule has 55 heavy (non-hydrogen) atoms. The van der Waals surface area contributed by atoms with Gasteiger partial charge < -0.3 is 69.6 Å².